The number of hydrogen-bond donors (Lipinski definition) is 2. The van der Waals surface area contributed by atoms with Crippen molar-refractivity contribution in [1.82, 2.24) is 25.9 Å². The Kier molecular flexibility index (Phi) is 5.94. The zero-order valence-corrected chi connectivity index (χ0v) is 14.0. The lowest BCUT2D eigenvalue weighted by Crippen LogP contribution is -2.24. The Labute approximate surface area is 150 Å². The van der Waals surface area contributed by atoms with Crippen LogP contribution in [0.1, 0.15) is 17.5 Å². The minimum atomic E-state index is -0.444. The summed E-state index contributed by atoms with van der Waals surface area (Å²) in [5, 5.41) is 16.5. The van der Waals surface area contributed by atoms with E-state index < -0.39 is 6.09 Å². The minimum Gasteiger partial charge on any atom is -0.445 e. The van der Waals surface area contributed by atoms with Gasteiger partial charge in [0.05, 0.1) is 0 Å². The third-order valence-corrected chi connectivity index (χ3v) is 3.45. The van der Waals surface area contributed by atoms with Crippen LogP contribution in [0.5, 0.6) is 0 Å². The second-order valence-corrected chi connectivity index (χ2v) is 5.35. The SMILES string of the molecule is O=C(NCCC#Cc1ccc(-c2nn[nH]n2)cc1)OCc1ccccc1. The van der Waals surface area contributed by atoms with Gasteiger partial charge in [0, 0.05) is 24.1 Å². The first kappa shape index (κ1) is 17.2. The number of amides is 1. The van der Waals surface area contributed by atoms with Crippen LogP contribution < -0.4 is 5.32 Å². The molecule has 0 aliphatic rings. The van der Waals surface area contributed by atoms with E-state index in [1.807, 2.05) is 54.6 Å². The summed E-state index contributed by atoms with van der Waals surface area (Å²) in [7, 11) is 0. The molecule has 0 radical (unpaired) electrons. The van der Waals surface area contributed by atoms with Gasteiger partial charge in [0.25, 0.3) is 0 Å². The number of nitrogens with one attached hydrogen (secondary N) is 2. The lowest BCUT2D eigenvalue weighted by molar-refractivity contribution is 0.140. The number of carbonyl (C=O) groups is 1. The largest absolute Gasteiger partial charge is 0.445 e. The normalized spacial score (nSPS) is 9.85. The maximum absolute atomic E-state index is 11.6. The maximum Gasteiger partial charge on any atom is 0.407 e. The molecule has 2 aromatic carbocycles. The highest BCUT2D eigenvalue weighted by Gasteiger charge is 2.02. The van der Waals surface area contributed by atoms with Gasteiger partial charge in [-0.15, -0.1) is 10.2 Å². The number of nitrogens with zero attached hydrogens (tertiary/aromatic N) is 3. The molecule has 1 aromatic heterocycles. The summed E-state index contributed by atoms with van der Waals surface area (Å²) in [6.45, 7) is 0.687. The van der Waals surface area contributed by atoms with Gasteiger partial charge in [-0.1, -0.05) is 42.2 Å². The molecule has 0 aliphatic carbocycles. The molecule has 26 heavy (non-hydrogen) atoms. The highest BCUT2D eigenvalue weighted by atomic mass is 16.5. The number of rotatable bonds is 5. The second kappa shape index (κ2) is 8.99. The molecule has 2 N–H and O–H groups in total. The molecule has 0 atom stereocenters. The zero-order valence-electron chi connectivity index (χ0n) is 14.0. The van der Waals surface area contributed by atoms with E-state index in [0.29, 0.717) is 18.8 Å². The average molecular weight is 347 g/mol. The van der Waals surface area contributed by atoms with Gasteiger partial charge < -0.3 is 10.1 Å². The van der Waals surface area contributed by atoms with E-state index in [4.69, 9.17) is 4.74 Å². The molecule has 7 nitrogen and oxygen atoms in total. The Hall–Kier alpha value is -3.66. The lowest BCUT2D eigenvalue weighted by atomic mass is 10.1. The van der Waals surface area contributed by atoms with E-state index >= 15 is 0 Å². The summed E-state index contributed by atoms with van der Waals surface area (Å²) in [4.78, 5) is 11.6. The summed E-state index contributed by atoms with van der Waals surface area (Å²) >= 11 is 0. The summed E-state index contributed by atoms with van der Waals surface area (Å²) in [5.74, 6) is 6.60. The molecule has 3 rings (SSSR count). The number of benzene rings is 2. The lowest BCUT2D eigenvalue weighted by Gasteiger charge is -2.05. The Morgan fingerprint density at radius 1 is 1.12 bits per heavy atom. The monoisotopic (exact) mass is 347 g/mol. The summed E-state index contributed by atoms with van der Waals surface area (Å²) < 4.78 is 5.12. The highest BCUT2D eigenvalue weighted by molar-refractivity contribution is 5.67. The van der Waals surface area contributed by atoms with Crippen molar-refractivity contribution in [3.63, 3.8) is 0 Å². The molecule has 0 fully saturated rings. The van der Waals surface area contributed by atoms with E-state index in [1.165, 1.54) is 0 Å². The smallest absolute Gasteiger partial charge is 0.407 e. The van der Waals surface area contributed by atoms with Crippen LogP contribution >= 0.6 is 0 Å². The number of H-pyrrole nitrogens is 1. The van der Waals surface area contributed by atoms with Crippen LogP contribution in [0.15, 0.2) is 54.6 Å². The average Bonchev–Trinajstić information content (AvgIpc) is 3.22. The summed E-state index contributed by atoms with van der Waals surface area (Å²) in [6, 6.07) is 17.1. The number of hydrogen-bond acceptors (Lipinski definition) is 5. The van der Waals surface area contributed by atoms with Gasteiger partial charge in [-0.3, -0.25) is 0 Å². The van der Waals surface area contributed by atoms with Crippen LogP contribution in [0.3, 0.4) is 0 Å². The van der Waals surface area contributed by atoms with Crippen molar-refractivity contribution in [1.29, 1.82) is 0 Å². The fourth-order valence-electron chi connectivity index (χ4n) is 2.15. The van der Waals surface area contributed by atoms with Crippen molar-refractivity contribution in [2.75, 3.05) is 6.54 Å². The van der Waals surface area contributed by atoms with E-state index in [9.17, 15) is 4.79 Å². The number of tetrazole rings is 1. The van der Waals surface area contributed by atoms with Crippen molar-refractivity contribution in [3.05, 3.63) is 65.7 Å². The van der Waals surface area contributed by atoms with Crippen molar-refractivity contribution < 1.29 is 9.53 Å². The minimum absolute atomic E-state index is 0.255. The molecule has 0 spiro atoms. The third kappa shape index (κ3) is 5.18. The van der Waals surface area contributed by atoms with E-state index in [-0.39, 0.29) is 6.61 Å². The summed E-state index contributed by atoms with van der Waals surface area (Å²) in [6.07, 6.45) is 0.0904. The first-order valence-corrected chi connectivity index (χ1v) is 8.08. The number of aromatic nitrogens is 4. The van der Waals surface area contributed by atoms with Gasteiger partial charge in [-0.2, -0.15) is 5.21 Å². The van der Waals surface area contributed by atoms with Crippen LogP contribution in [0, 0.1) is 11.8 Å². The Morgan fingerprint density at radius 3 is 2.65 bits per heavy atom. The fraction of sp³-hybridized carbons (Fsp3) is 0.158. The topological polar surface area (TPSA) is 92.8 Å². The first-order valence-electron chi connectivity index (χ1n) is 8.08. The quantitative estimate of drug-likeness (QED) is 0.546. The molecule has 1 amide bonds. The Bertz CT molecular complexity index is 881. The molecule has 3 aromatic rings. The maximum atomic E-state index is 11.6. The van der Waals surface area contributed by atoms with E-state index in [0.717, 1.165) is 16.7 Å². The van der Waals surface area contributed by atoms with Gasteiger partial charge in [-0.25, -0.2) is 4.79 Å². The van der Waals surface area contributed by atoms with Gasteiger partial charge in [0.15, 0.2) is 0 Å². The zero-order chi connectivity index (χ0) is 18.0. The second-order valence-electron chi connectivity index (χ2n) is 5.35. The molecule has 7 heteroatoms. The Balaban J connectivity index is 1.38. The number of alkyl carbamates (subject to hydrolysis) is 1. The van der Waals surface area contributed by atoms with Gasteiger partial charge in [0.2, 0.25) is 5.82 Å². The Morgan fingerprint density at radius 2 is 1.92 bits per heavy atom. The highest BCUT2D eigenvalue weighted by Crippen LogP contribution is 2.13. The van der Waals surface area contributed by atoms with Crippen LogP contribution in [0.2, 0.25) is 0 Å². The van der Waals surface area contributed by atoms with Crippen molar-refractivity contribution >= 4 is 6.09 Å². The van der Waals surface area contributed by atoms with Crippen molar-refractivity contribution in [2.24, 2.45) is 0 Å². The molecule has 0 saturated heterocycles. The number of ether oxygens (including phenoxy) is 1. The third-order valence-electron chi connectivity index (χ3n) is 3.45. The van der Waals surface area contributed by atoms with Crippen molar-refractivity contribution in [3.8, 4) is 23.2 Å². The van der Waals surface area contributed by atoms with E-state index in [2.05, 4.69) is 37.8 Å². The molecular weight excluding hydrogens is 330 g/mol. The molecule has 1 heterocycles. The van der Waals surface area contributed by atoms with Gasteiger partial charge in [-0.05, 0) is 35.0 Å². The molecular formula is C19H17N5O2. The van der Waals surface area contributed by atoms with Crippen LogP contribution in [-0.2, 0) is 11.3 Å². The standard InChI is InChI=1S/C19H17N5O2/c25-19(26-14-16-7-2-1-3-8-16)20-13-5-4-6-15-9-11-17(12-10-15)18-21-23-24-22-18/h1-3,7-12H,5,13-14H2,(H,20,25)(H,21,22,23,24). The van der Waals surface area contributed by atoms with E-state index in [1.54, 1.807) is 0 Å². The van der Waals surface area contributed by atoms with Crippen LogP contribution in [0.25, 0.3) is 11.4 Å². The van der Waals surface area contributed by atoms with Gasteiger partial charge >= 0.3 is 6.09 Å². The molecule has 0 saturated carbocycles. The van der Waals surface area contributed by atoms with Crippen molar-refractivity contribution in [2.45, 2.75) is 13.0 Å². The predicted molar refractivity (Wildman–Crippen MR) is 95.7 cm³/mol. The number of carbonyl (C=O) groups excluding carboxylic acids is 1. The molecule has 0 aliphatic heterocycles. The molecule has 130 valence electrons. The summed E-state index contributed by atoms with van der Waals surface area (Å²) in [5.41, 5.74) is 2.70. The first-order chi connectivity index (χ1) is 12.8. The molecule has 0 unspecified atom stereocenters. The predicted octanol–water partition coefficient (Wildman–Crippen LogP) is 2.53. The van der Waals surface area contributed by atoms with Crippen LogP contribution in [0.4, 0.5) is 4.79 Å². The molecule has 0 bridgehead atoms. The van der Waals surface area contributed by atoms with Gasteiger partial charge in [0.1, 0.15) is 6.61 Å². The number of aromatic amines is 1. The fourth-order valence-corrected chi connectivity index (χ4v) is 2.15. The van der Waals surface area contributed by atoms with Crippen LogP contribution in [-0.4, -0.2) is 33.3 Å².